The van der Waals surface area contributed by atoms with Crippen LogP contribution in [-0.4, -0.2) is 24.0 Å². The van der Waals surface area contributed by atoms with Crippen LogP contribution in [0.1, 0.15) is 45.7 Å². The number of hydrogen-bond acceptors (Lipinski definition) is 2. The molecule has 0 aromatic heterocycles. The van der Waals surface area contributed by atoms with Crippen LogP contribution < -0.4 is 5.73 Å². The molecule has 0 bridgehead atoms. The zero-order valence-corrected chi connectivity index (χ0v) is 13.6. The molecule has 0 spiro atoms. The first kappa shape index (κ1) is 16.2. The van der Waals surface area contributed by atoms with Crippen LogP contribution in [0, 0.1) is 11.2 Å². The summed E-state index contributed by atoms with van der Waals surface area (Å²) in [6.45, 7) is 10.5. The first-order chi connectivity index (χ1) is 9.80. The topological polar surface area (TPSA) is 29.3 Å². The minimum absolute atomic E-state index is 0.0658. The number of nitrogens with zero attached hydrogens (tertiary/aromatic N) is 1. The van der Waals surface area contributed by atoms with Crippen molar-refractivity contribution in [3.8, 4) is 0 Å². The largest absolute Gasteiger partial charge is 0.326 e. The lowest BCUT2D eigenvalue weighted by Gasteiger charge is -2.38. The Kier molecular flexibility index (Phi) is 4.84. The molecule has 21 heavy (non-hydrogen) atoms. The molecule has 0 saturated carbocycles. The molecule has 0 fully saturated rings. The third kappa shape index (κ3) is 3.72. The summed E-state index contributed by atoms with van der Waals surface area (Å²) in [7, 11) is 0. The van der Waals surface area contributed by atoms with Crippen LogP contribution in [0.4, 0.5) is 4.39 Å². The second-order valence-corrected chi connectivity index (χ2v) is 7.05. The van der Waals surface area contributed by atoms with Crippen LogP contribution in [-0.2, 0) is 0 Å². The number of nitrogens with two attached hydrogens (primary N) is 1. The van der Waals surface area contributed by atoms with Crippen molar-refractivity contribution in [3.63, 3.8) is 0 Å². The maximum Gasteiger partial charge on any atom is 0.128 e. The fraction of sp³-hybridized carbons (Fsp3) is 0.556. The van der Waals surface area contributed by atoms with Gasteiger partial charge in [0, 0.05) is 24.7 Å². The molecule has 0 radical (unpaired) electrons. The predicted octanol–water partition coefficient (Wildman–Crippen LogP) is 3.89. The Balaban J connectivity index is 2.23. The molecule has 2 unspecified atom stereocenters. The Morgan fingerprint density at radius 2 is 1.90 bits per heavy atom. The molecular weight excluding hydrogens is 263 g/mol. The lowest BCUT2D eigenvalue weighted by atomic mass is 9.82. The lowest BCUT2D eigenvalue weighted by molar-refractivity contribution is 0.180. The fourth-order valence-corrected chi connectivity index (χ4v) is 3.15. The molecular formula is C18H27FN2. The van der Waals surface area contributed by atoms with Gasteiger partial charge in [-0.2, -0.15) is 0 Å². The molecule has 1 aliphatic heterocycles. The summed E-state index contributed by atoms with van der Waals surface area (Å²) >= 11 is 0. The Morgan fingerprint density at radius 3 is 2.38 bits per heavy atom. The smallest absolute Gasteiger partial charge is 0.128 e. The van der Waals surface area contributed by atoms with Gasteiger partial charge in [-0.05, 0) is 24.8 Å². The predicted molar refractivity (Wildman–Crippen MR) is 86.5 cm³/mol. The van der Waals surface area contributed by atoms with E-state index in [4.69, 9.17) is 5.73 Å². The highest BCUT2D eigenvalue weighted by atomic mass is 19.1. The van der Waals surface area contributed by atoms with Gasteiger partial charge in [0.05, 0.1) is 6.04 Å². The Bertz CT molecular complexity index is 514. The van der Waals surface area contributed by atoms with Crippen molar-refractivity contribution in [1.29, 1.82) is 0 Å². The van der Waals surface area contributed by atoms with Crippen molar-refractivity contribution >= 4 is 0 Å². The highest BCUT2D eigenvalue weighted by Crippen LogP contribution is 2.34. The van der Waals surface area contributed by atoms with Crippen LogP contribution in [0.15, 0.2) is 35.9 Å². The normalized spacial score (nSPS) is 20.0. The van der Waals surface area contributed by atoms with Crippen LogP contribution in [0.3, 0.4) is 0 Å². The molecule has 0 aliphatic carbocycles. The van der Waals surface area contributed by atoms with Gasteiger partial charge in [0.1, 0.15) is 5.82 Å². The second kappa shape index (κ2) is 6.29. The molecule has 0 saturated heterocycles. The molecule has 1 heterocycles. The Morgan fingerprint density at radius 1 is 1.24 bits per heavy atom. The van der Waals surface area contributed by atoms with Gasteiger partial charge >= 0.3 is 0 Å². The third-order valence-corrected chi connectivity index (χ3v) is 4.32. The molecule has 3 heteroatoms. The van der Waals surface area contributed by atoms with Gasteiger partial charge in [0.15, 0.2) is 0 Å². The molecule has 2 atom stereocenters. The van der Waals surface area contributed by atoms with Crippen molar-refractivity contribution in [1.82, 2.24) is 4.90 Å². The molecule has 1 aromatic rings. The van der Waals surface area contributed by atoms with E-state index >= 15 is 0 Å². The zero-order chi connectivity index (χ0) is 15.6. The van der Waals surface area contributed by atoms with Crippen molar-refractivity contribution < 1.29 is 4.39 Å². The van der Waals surface area contributed by atoms with E-state index in [9.17, 15) is 4.39 Å². The summed E-state index contributed by atoms with van der Waals surface area (Å²) in [6, 6.07) is 6.81. The molecule has 0 amide bonds. The van der Waals surface area contributed by atoms with E-state index in [1.807, 2.05) is 19.1 Å². The SMILES string of the molecule is CC(N)C(c1ccccc1F)N1CC=C(C(C)(C)C)CC1. The monoisotopic (exact) mass is 290 g/mol. The average Bonchev–Trinajstić information content (AvgIpc) is 2.40. The molecule has 116 valence electrons. The van der Waals surface area contributed by atoms with E-state index in [0.717, 1.165) is 19.5 Å². The summed E-state index contributed by atoms with van der Waals surface area (Å²) in [5, 5.41) is 0. The summed E-state index contributed by atoms with van der Waals surface area (Å²) in [6.07, 6.45) is 3.32. The van der Waals surface area contributed by atoms with Gasteiger partial charge in [0.2, 0.25) is 0 Å². The average molecular weight is 290 g/mol. The third-order valence-electron chi connectivity index (χ3n) is 4.32. The van der Waals surface area contributed by atoms with E-state index in [0.29, 0.717) is 5.56 Å². The molecule has 2 rings (SSSR count). The number of benzene rings is 1. The minimum Gasteiger partial charge on any atom is -0.326 e. The first-order valence-corrected chi connectivity index (χ1v) is 7.74. The summed E-state index contributed by atoms with van der Waals surface area (Å²) in [5.74, 6) is -0.162. The highest BCUT2D eigenvalue weighted by Gasteiger charge is 2.29. The van der Waals surface area contributed by atoms with Crippen LogP contribution in [0.25, 0.3) is 0 Å². The fourth-order valence-electron chi connectivity index (χ4n) is 3.15. The number of halogens is 1. The van der Waals surface area contributed by atoms with Crippen molar-refractivity contribution in [3.05, 3.63) is 47.3 Å². The van der Waals surface area contributed by atoms with Gasteiger partial charge in [0.25, 0.3) is 0 Å². The maximum atomic E-state index is 14.1. The molecule has 2 N–H and O–H groups in total. The van der Waals surface area contributed by atoms with Crippen LogP contribution in [0.5, 0.6) is 0 Å². The molecule has 2 nitrogen and oxygen atoms in total. The van der Waals surface area contributed by atoms with Crippen molar-refractivity contribution in [2.45, 2.75) is 46.2 Å². The van der Waals surface area contributed by atoms with Crippen LogP contribution in [0.2, 0.25) is 0 Å². The van der Waals surface area contributed by atoms with Gasteiger partial charge in [-0.15, -0.1) is 0 Å². The maximum absolute atomic E-state index is 14.1. The quantitative estimate of drug-likeness (QED) is 0.856. The lowest BCUT2D eigenvalue weighted by Crippen LogP contribution is -2.42. The van der Waals surface area contributed by atoms with Crippen molar-refractivity contribution in [2.24, 2.45) is 11.1 Å². The summed E-state index contributed by atoms with van der Waals surface area (Å²) in [4.78, 5) is 2.29. The zero-order valence-electron chi connectivity index (χ0n) is 13.6. The van der Waals surface area contributed by atoms with Gasteiger partial charge in [-0.1, -0.05) is 50.6 Å². The second-order valence-electron chi connectivity index (χ2n) is 7.05. The van der Waals surface area contributed by atoms with Gasteiger partial charge in [-0.3, -0.25) is 4.90 Å². The number of hydrogen-bond donors (Lipinski definition) is 1. The summed E-state index contributed by atoms with van der Waals surface area (Å²) < 4.78 is 14.1. The van der Waals surface area contributed by atoms with E-state index in [1.165, 1.54) is 11.6 Å². The standard InChI is InChI=1S/C18H27FN2/c1-13(20)17(15-7-5-6-8-16(15)19)21-11-9-14(10-12-21)18(2,3)4/h5-9,13,17H,10-12,20H2,1-4H3. The highest BCUT2D eigenvalue weighted by molar-refractivity contribution is 5.24. The molecule has 1 aliphatic rings. The van der Waals surface area contributed by atoms with Gasteiger partial charge < -0.3 is 5.73 Å². The van der Waals surface area contributed by atoms with Gasteiger partial charge in [-0.25, -0.2) is 4.39 Å². The first-order valence-electron chi connectivity index (χ1n) is 7.74. The Labute approximate surface area is 127 Å². The summed E-state index contributed by atoms with van der Waals surface area (Å²) in [5.41, 5.74) is 8.57. The minimum atomic E-state index is -0.162. The van der Waals surface area contributed by atoms with Crippen LogP contribution >= 0.6 is 0 Å². The Hall–Kier alpha value is -1.19. The molecule has 1 aromatic carbocycles. The van der Waals surface area contributed by atoms with E-state index in [2.05, 4.69) is 31.7 Å². The van der Waals surface area contributed by atoms with E-state index < -0.39 is 0 Å². The van der Waals surface area contributed by atoms with E-state index in [-0.39, 0.29) is 23.3 Å². The number of rotatable bonds is 3. The van der Waals surface area contributed by atoms with Crippen molar-refractivity contribution in [2.75, 3.05) is 13.1 Å². The van der Waals surface area contributed by atoms with E-state index in [1.54, 1.807) is 6.07 Å².